The number of aliphatic hydroxyl groups is 1. The van der Waals surface area contributed by atoms with Crippen molar-refractivity contribution in [3.05, 3.63) is 12.2 Å². The van der Waals surface area contributed by atoms with Gasteiger partial charge >= 0.3 is 0 Å². The third-order valence-electron chi connectivity index (χ3n) is 3.89. The maximum absolute atomic E-state index is 12.1. The van der Waals surface area contributed by atoms with E-state index < -0.39 is 6.10 Å². The lowest BCUT2D eigenvalue weighted by Gasteiger charge is -2.25. The van der Waals surface area contributed by atoms with Gasteiger partial charge in [-0.25, -0.2) is 9.67 Å². The predicted octanol–water partition coefficient (Wildman–Crippen LogP) is 1.74. The summed E-state index contributed by atoms with van der Waals surface area (Å²) >= 11 is 0. The summed E-state index contributed by atoms with van der Waals surface area (Å²) in [5.41, 5.74) is 0. The second-order valence-corrected chi connectivity index (χ2v) is 5.39. The molecule has 0 radical (unpaired) electrons. The summed E-state index contributed by atoms with van der Waals surface area (Å²) in [4.78, 5) is 16.3. The third kappa shape index (κ3) is 3.62. The molecular formula is C14H23N3O2. The summed E-state index contributed by atoms with van der Waals surface area (Å²) in [6.45, 7) is 2.83. The van der Waals surface area contributed by atoms with Crippen molar-refractivity contribution in [2.24, 2.45) is 5.92 Å². The molecule has 0 bridgehead atoms. The summed E-state index contributed by atoms with van der Waals surface area (Å²) in [5.74, 6) is 0.697. The van der Waals surface area contributed by atoms with Gasteiger partial charge in [-0.05, 0) is 25.2 Å². The number of nitrogens with zero attached hydrogens (tertiary/aromatic N) is 3. The molecule has 1 fully saturated rings. The molecule has 0 aromatic carbocycles. The van der Waals surface area contributed by atoms with Crippen LogP contribution in [0.15, 0.2) is 6.33 Å². The molecule has 5 nitrogen and oxygen atoms in total. The number of rotatable bonds is 6. The molecule has 1 aliphatic rings. The molecule has 1 aromatic heterocycles. The molecule has 19 heavy (non-hydrogen) atoms. The molecule has 0 spiro atoms. The van der Waals surface area contributed by atoms with Crippen LogP contribution in [0.1, 0.15) is 51.3 Å². The minimum Gasteiger partial charge on any atom is -0.385 e. The molecule has 1 unspecified atom stereocenters. The van der Waals surface area contributed by atoms with Gasteiger partial charge in [0.1, 0.15) is 18.3 Å². The third-order valence-corrected chi connectivity index (χ3v) is 3.89. The van der Waals surface area contributed by atoms with Crippen molar-refractivity contribution >= 4 is 5.78 Å². The van der Waals surface area contributed by atoms with E-state index in [9.17, 15) is 9.90 Å². The smallest absolute Gasteiger partial charge is 0.169 e. The molecule has 0 amide bonds. The van der Waals surface area contributed by atoms with Gasteiger partial charge in [0.2, 0.25) is 0 Å². The van der Waals surface area contributed by atoms with E-state index >= 15 is 0 Å². The van der Waals surface area contributed by atoms with Crippen molar-refractivity contribution in [3.63, 3.8) is 0 Å². The molecule has 0 aliphatic heterocycles. The first-order valence-corrected chi connectivity index (χ1v) is 7.29. The Labute approximate surface area is 114 Å². The van der Waals surface area contributed by atoms with Crippen LogP contribution >= 0.6 is 0 Å². The van der Waals surface area contributed by atoms with Crippen molar-refractivity contribution in [1.29, 1.82) is 0 Å². The van der Waals surface area contributed by atoms with Gasteiger partial charge in [-0.3, -0.25) is 4.79 Å². The number of Topliss-reactive ketones (excluding diaryl/α,β-unsaturated/α-hetero) is 1. The topological polar surface area (TPSA) is 68.0 Å². The predicted molar refractivity (Wildman–Crippen MR) is 71.6 cm³/mol. The van der Waals surface area contributed by atoms with Crippen LogP contribution in [0.3, 0.4) is 0 Å². The molecule has 0 saturated heterocycles. The van der Waals surface area contributed by atoms with Crippen molar-refractivity contribution < 1.29 is 9.90 Å². The average molecular weight is 265 g/mol. The Morgan fingerprint density at radius 1 is 1.47 bits per heavy atom. The summed E-state index contributed by atoms with van der Waals surface area (Å²) in [6.07, 6.45) is 7.21. The molecule has 5 heteroatoms. The zero-order valence-electron chi connectivity index (χ0n) is 11.6. The van der Waals surface area contributed by atoms with E-state index in [1.165, 1.54) is 12.7 Å². The Hall–Kier alpha value is -1.23. The first-order chi connectivity index (χ1) is 9.22. The molecule has 1 aliphatic carbocycles. The van der Waals surface area contributed by atoms with E-state index in [0.717, 1.165) is 38.6 Å². The highest BCUT2D eigenvalue weighted by atomic mass is 16.3. The van der Waals surface area contributed by atoms with Crippen LogP contribution in [-0.4, -0.2) is 31.8 Å². The number of aliphatic hydroxyl groups excluding tert-OH is 1. The van der Waals surface area contributed by atoms with E-state index in [-0.39, 0.29) is 18.1 Å². The second kappa shape index (κ2) is 6.80. The second-order valence-electron chi connectivity index (χ2n) is 5.39. The number of hydrogen-bond donors (Lipinski definition) is 1. The Morgan fingerprint density at radius 3 is 2.89 bits per heavy atom. The fraction of sp³-hybridized carbons (Fsp3) is 0.786. The molecule has 2 rings (SSSR count). The van der Waals surface area contributed by atoms with Gasteiger partial charge in [0.15, 0.2) is 5.78 Å². The Balaban J connectivity index is 1.93. The van der Waals surface area contributed by atoms with Crippen LogP contribution < -0.4 is 0 Å². The minimum absolute atomic E-state index is 0.114. The van der Waals surface area contributed by atoms with Gasteiger partial charge in [-0.1, -0.05) is 26.2 Å². The molecule has 106 valence electrons. The van der Waals surface area contributed by atoms with Gasteiger partial charge in [0.05, 0.1) is 6.42 Å². The van der Waals surface area contributed by atoms with E-state index in [1.54, 1.807) is 4.68 Å². The standard InChI is InChI=1S/C14H23N3O2/c1-2-8-17-13(15-10-16-17)9-12(18)14(19)11-6-4-3-5-7-11/h10-11,14,19H,2-9H2,1H3. The van der Waals surface area contributed by atoms with Crippen molar-refractivity contribution in [2.45, 2.75) is 64.5 Å². The lowest BCUT2D eigenvalue weighted by molar-refractivity contribution is -0.129. The monoisotopic (exact) mass is 265 g/mol. The largest absolute Gasteiger partial charge is 0.385 e. The molecule has 1 atom stereocenters. The first-order valence-electron chi connectivity index (χ1n) is 7.29. The zero-order chi connectivity index (χ0) is 13.7. The van der Waals surface area contributed by atoms with Crippen molar-refractivity contribution in [2.75, 3.05) is 0 Å². The Bertz CT molecular complexity index is 411. The quantitative estimate of drug-likeness (QED) is 0.850. The maximum atomic E-state index is 12.1. The highest BCUT2D eigenvalue weighted by Gasteiger charge is 2.28. The van der Waals surface area contributed by atoms with Gasteiger partial charge in [0, 0.05) is 6.54 Å². The van der Waals surface area contributed by atoms with Crippen molar-refractivity contribution in [1.82, 2.24) is 14.8 Å². The normalized spacial score (nSPS) is 18.4. The summed E-state index contributed by atoms with van der Waals surface area (Å²) < 4.78 is 1.76. The Kier molecular flexibility index (Phi) is 5.07. The molecule has 1 saturated carbocycles. The molecule has 1 heterocycles. The summed E-state index contributed by atoms with van der Waals surface area (Å²) in [7, 11) is 0. The first kappa shape index (κ1) is 14.2. The highest BCUT2D eigenvalue weighted by Crippen LogP contribution is 2.27. The number of aryl methyl sites for hydroxylation is 1. The number of carbonyl (C=O) groups is 1. The minimum atomic E-state index is -0.827. The van der Waals surface area contributed by atoms with Gasteiger partial charge in [-0.2, -0.15) is 5.10 Å². The van der Waals surface area contributed by atoms with Crippen LogP contribution in [0.25, 0.3) is 0 Å². The summed E-state index contributed by atoms with van der Waals surface area (Å²) in [6, 6.07) is 0. The molecule has 1 N–H and O–H groups in total. The fourth-order valence-corrected chi connectivity index (χ4v) is 2.80. The highest BCUT2D eigenvalue weighted by molar-refractivity contribution is 5.84. The molecular weight excluding hydrogens is 242 g/mol. The van der Waals surface area contributed by atoms with Gasteiger partial charge in [-0.15, -0.1) is 0 Å². The van der Waals surface area contributed by atoms with Crippen LogP contribution in [0.4, 0.5) is 0 Å². The number of aromatic nitrogens is 3. The van der Waals surface area contributed by atoms with E-state index in [2.05, 4.69) is 17.0 Å². The SMILES string of the molecule is CCCn1ncnc1CC(=O)C(O)C1CCCCC1. The number of ketones is 1. The Morgan fingerprint density at radius 2 is 2.21 bits per heavy atom. The summed E-state index contributed by atoms with van der Waals surface area (Å²) in [5, 5.41) is 14.3. The van der Waals surface area contributed by atoms with E-state index in [1.807, 2.05) is 0 Å². The van der Waals surface area contributed by atoms with Crippen LogP contribution in [-0.2, 0) is 17.8 Å². The van der Waals surface area contributed by atoms with Gasteiger partial charge in [0.25, 0.3) is 0 Å². The van der Waals surface area contributed by atoms with E-state index in [4.69, 9.17) is 0 Å². The van der Waals surface area contributed by atoms with Crippen molar-refractivity contribution in [3.8, 4) is 0 Å². The zero-order valence-corrected chi connectivity index (χ0v) is 11.6. The lowest BCUT2D eigenvalue weighted by atomic mass is 9.83. The number of carbonyl (C=O) groups excluding carboxylic acids is 1. The van der Waals surface area contributed by atoms with Crippen LogP contribution in [0.2, 0.25) is 0 Å². The lowest BCUT2D eigenvalue weighted by Crippen LogP contribution is -2.32. The average Bonchev–Trinajstić information content (AvgIpc) is 2.86. The maximum Gasteiger partial charge on any atom is 0.169 e. The molecule has 1 aromatic rings. The van der Waals surface area contributed by atoms with Crippen LogP contribution in [0.5, 0.6) is 0 Å². The number of hydrogen-bond acceptors (Lipinski definition) is 4. The van der Waals surface area contributed by atoms with E-state index in [0.29, 0.717) is 5.82 Å². The van der Waals surface area contributed by atoms with Crippen LogP contribution in [0, 0.1) is 5.92 Å². The fourth-order valence-electron chi connectivity index (χ4n) is 2.80. The van der Waals surface area contributed by atoms with Gasteiger partial charge < -0.3 is 5.11 Å².